The van der Waals surface area contributed by atoms with Gasteiger partial charge >= 0.3 is 6.09 Å². The molecule has 0 aliphatic carbocycles. The van der Waals surface area contributed by atoms with E-state index in [1.54, 1.807) is 11.0 Å². The van der Waals surface area contributed by atoms with Crippen LogP contribution in [0.2, 0.25) is 5.02 Å². The lowest BCUT2D eigenvalue weighted by Gasteiger charge is -2.36. The van der Waals surface area contributed by atoms with Crippen molar-refractivity contribution in [2.24, 2.45) is 0 Å². The molecule has 0 saturated carbocycles. The van der Waals surface area contributed by atoms with Crippen LogP contribution in [-0.4, -0.2) is 59.9 Å². The van der Waals surface area contributed by atoms with Crippen molar-refractivity contribution in [1.29, 1.82) is 0 Å². The fourth-order valence-corrected chi connectivity index (χ4v) is 4.17. The van der Waals surface area contributed by atoms with Crippen molar-refractivity contribution >= 4 is 34.4 Å². The highest BCUT2D eigenvalue weighted by Gasteiger charge is 2.29. The number of methoxy groups -OCH3 is 1. The van der Waals surface area contributed by atoms with Crippen molar-refractivity contribution in [3.8, 4) is 16.9 Å². The van der Waals surface area contributed by atoms with Crippen molar-refractivity contribution < 1.29 is 23.0 Å². The number of fused-ring (bicyclic) bond motifs is 1. The molecule has 180 valence electrons. The van der Waals surface area contributed by atoms with Gasteiger partial charge in [-0.05, 0) is 39.0 Å². The number of hydrogen-bond donors (Lipinski definition) is 0. The number of ether oxygens (including phenoxy) is 2. The Balaban J connectivity index is 1.69. The van der Waals surface area contributed by atoms with Crippen LogP contribution in [0.5, 0.6) is 5.75 Å². The van der Waals surface area contributed by atoms with E-state index in [0.717, 1.165) is 0 Å². The van der Waals surface area contributed by atoms with Crippen molar-refractivity contribution in [3.63, 3.8) is 0 Å². The lowest BCUT2D eigenvalue weighted by Crippen LogP contribution is -2.50. The second-order valence-corrected chi connectivity index (χ2v) is 9.29. The fourth-order valence-electron chi connectivity index (χ4n) is 3.92. The van der Waals surface area contributed by atoms with Gasteiger partial charge in [-0.3, -0.25) is 0 Å². The zero-order chi connectivity index (χ0) is 24.6. The van der Waals surface area contributed by atoms with Crippen molar-refractivity contribution in [1.82, 2.24) is 14.9 Å². The summed E-state index contributed by atoms with van der Waals surface area (Å²) in [5.41, 5.74) is -0.111. The van der Waals surface area contributed by atoms with Crippen molar-refractivity contribution in [2.75, 3.05) is 38.2 Å². The first-order valence-electron chi connectivity index (χ1n) is 10.8. The molecule has 1 amide bonds. The van der Waals surface area contributed by atoms with Crippen LogP contribution in [0.1, 0.15) is 20.8 Å². The maximum absolute atomic E-state index is 15.6. The Morgan fingerprint density at radius 2 is 1.82 bits per heavy atom. The third-order valence-electron chi connectivity index (χ3n) is 5.48. The fraction of sp³-hybridized carbons (Fsp3) is 0.375. The van der Waals surface area contributed by atoms with Crippen LogP contribution in [0, 0.1) is 11.6 Å². The van der Waals surface area contributed by atoms with Gasteiger partial charge in [-0.25, -0.2) is 23.5 Å². The quantitative estimate of drug-likeness (QED) is 0.496. The maximum atomic E-state index is 15.6. The molecule has 7 nitrogen and oxygen atoms in total. The highest BCUT2D eigenvalue weighted by Crippen LogP contribution is 2.42. The molecule has 0 N–H and O–H groups in total. The molecule has 0 radical (unpaired) electrons. The van der Waals surface area contributed by atoms with Crippen LogP contribution in [0.3, 0.4) is 0 Å². The molecule has 0 spiro atoms. The average molecular weight is 491 g/mol. The SMILES string of the molecule is COc1cccc(F)c1-c1cc2ncnc(N3CCN(C(=O)OC(C)(C)C)CC3)c2c(F)c1Cl. The van der Waals surface area contributed by atoms with E-state index in [4.69, 9.17) is 21.1 Å². The van der Waals surface area contributed by atoms with Crippen LogP contribution in [0.4, 0.5) is 19.4 Å². The second kappa shape index (κ2) is 9.21. The number of carbonyl (C=O) groups is 1. The van der Waals surface area contributed by atoms with Gasteiger partial charge < -0.3 is 19.3 Å². The predicted molar refractivity (Wildman–Crippen MR) is 126 cm³/mol. The van der Waals surface area contributed by atoms with E-state index in [2.05, 4.69) is 9.97 Å². The minimum absolute atomic E-state index is 0.0573. The zero-order valence-electron chi connectivity index (χ0n) is 19.4. The van der Waals surface area contributed by atoms with E-state index in [1.807, 2.05) is 25.7 Å². The monoisotopic (exact) mass is 490 g/mol. The number of rotatable bonds is 3. The van der Waals surface area contributed by atoms with Gasteiger partial charge in [0.15, 0.2) is 5.82 Å². The number of carbonyl (C=O) groups excluding carboxylic acids is 1. The Morgan fingerprint density at radius 1 is 1.12 bits per heavy atom. The molecular weight excluding hydrogens is 466 g/mol. The van der Waals surface area contributed by atoms with Gasteiger partial charge in [-0.1, -0.05) is 17.7 Å². The van der Waals surface area contributed by atoms with Gasteiger partial charge in [0.1, 0.15) is 29.3 Å². The summed E-state index contributed by atoms with van der Waals surface area (Å²) in [5, 5.41) is -0.114. The number of amides is 1. The van der Waals surface area contributed by atoms with Crippen LogP contribution >= 0.6 is 11.6 Å². The molecule has 3 aromatic rings. The summed E-state index contributed by atoms with van der Waals surface area (Å²) in [6.45, 7) is 7.06. The largest absolute Gasteiger partial charge is 0.496 e. The number of benzene rings is 2. The van der Waals surface area contributed by atoms with Crippen LogP contribution in [0.15, 0.2) is 30.6 Å². The first-order valence-corrected chi connectivity index (χ1v) is 11.2. The summed E-state index contributed by atoms with van der Waals surface area (Å²) in [5.74, 6) is -0.745. The minimum atomic E-state index is -0.746. The Morgan fingerprint density at radius 3 is 2.47 bits per heavy atom. The van der Waals surface area contributed by atoms with Gasteiger partial charge in [-0.2, -0.15) is 0 Å². The third kappa shape index (κ3) is 4.57. The summed E-state index contributed by atoms with van der Waals surface area (Å²) in [6, 6.07) is 5.86. The third-order valence-corrected chi connectivity index (χ3v) is 5.85. The number of aromatic nitrogens is 2. The molecule has 1 aliphatic rings. The summed E-state index contributed by atoms with van der Waals surface area (Å²) in [7, 11) is 1.40. The molecule has 2 heterocycles. The van der Waals surface area contributed by atoms with Crippen molar-refractivity contribution in [3.05, 3.63) is 47.2 Å². The summed E-state index contributed by atoms with van der Waals surface area (Å²) >= 11 is 6.40. The van der Waals surface area contributed by atoms with Gasteiger partial charge in [0, 0.05) is 31.7 Å². The number of nitrogens with zero attached hydrogens (tertiary/aromatic N) is 4. The number of hydrogen-bond acceptors (Lipinski definition) is 6. The van der Waals surface area contributed by atoms with Crippen LogP contribution in [0.25, 0.3) is 22.0 Å². The van der Waals surface area contributed by atoms with Gasteiger partial charge in [0.05, 0.1) is 28.6 Å². The topological polar surface area (TPSA) is 67.8 Å². The smallest absolute Gasteiger partial charge is 0.410 e. The Bertz CT molecular complexity index is 1240. The molecule has 0 unspecified atom stereocenters. The highest BCUT2D eigenvalue weighted by molar-refractivity contribution is 6.34. The summed E-state index contributed by atoms with van der Waals surface area (Å²) < 4.78 is 41.0. The van der Waals surface area contributed by atoms with E-state index in [9.17, 15) is 9.18 Å². The van der Waals surface area contributed by atoms with Crippen LogP contribution < -0.4 is 9.64 Å². The predicted octanol–water partition coefficient (Wildman–Crippen LogP) is 5.29. The molecule has 0 bridgehead atoms. The Labute approximate surface area is 201 Å². The Kier molecular flexibility index (Phi) is 6.49. The molecule has 1 aromatic heterocycles. The number of halogens is 3. The first kappa shape index (κ1) is 23.9. The maximum Gasteiger partial charge on any atom is 0.410 e. The molecule has 34 heavy (non-hydrogen) atoms. The van der Waals surface area contributed by atoms with E-state index >= 15 is 4.39 Å². The summed E-state index contributed by atoms with van der Waals surface area (Å²) in [4.78, 5) is 24.3. The highest BCUT2D eigenvalue weighted by atomic mass is 35.5. The van der Waals surface area contributed by atoms with E-state index in [1.165, 1.54) is 31.6 Å². The standard InChI is InChI=1S/C24H25ClF2N4O3/c1-24(2,3)34-23(32)31-10-8-30(9-11-31)22-19-16(28-13-29-22)12-14(20(25)21(19)27)18-15(26)6-5-7-17(18)33-4/h5-7,12-13H,8-11H2,1-4H3. The normalized spacial score (nSPS) is 14.4. The van der Waals surface area contributed by atoms with Gasteiger partial charge in [0.25, 0.3) is 0 Å². The molecule has 0 atom stereocenters. The minimum Gasteiger partial charge on any atom is -0.496 e. The lowest BCUT2D eigenvalue weighted by atomic mass is 10.0. The molecule has 2 aromatic carbocycles. The summed E-state index contributed by atoms with van der Waals surface area (Å²) in [6.07, 6.45) is 0.936. The van der Waals surface area contributed by atoms with E-state index in [0.29, 0.717) is 32.0 Å². The van der Waals surface area contributed by atoms with E-state index < -0.39 is 23.3 Å². The van der Waals surface area contributed by atoms with Gasteiger partial charge in [0.2, 0.25) is 0 Å². The molecular formula is C24H25ClF2N4O3. The van der Waals surface area contributed by atoms with E-state index in [-0.39, 0.29) is 32.8 Å². The first-order chi connectivity index (χ1) is 16.1. The molecule has 1 fully saturated rings. The Hall–Kier alpha value is -3.20. The molecule has 1 aliphatic heterocycles. The lowest BCUT2D eigenvalue weighted by molar-refractivity contribution is 0.0240. The zero-order valence-corrected chi connectivity index (χ0v) is 20.1. The van der Waals surface area contributed by atoms with Crippen LogP contribution in [-0.2, 0) is 4.74 Å². The molecule has 4 rings (SSSR count). The molecule has 1 saturated heterocycles. The average Bonchev–Trinajstić information content (AvgIpc) is 2.80. The van der Waals surface area contributed by atoms with Gasteiger partial charge in [-0.15, -0.1) is 0 Å². The van der Waals surface area contributed by atoms with Crippen molar-refractivity contribution in [2.45, 2.75) is 26.4 Å². The molecule has 10 heteroatoms. The number of piperazine rings is 1. The number of anilines is 1. The second-order valence-electron chi connectivity index (χ2n) is 8.92.